The molecule has 1 aromatic rings. The van der Waals surface area contributed by atoms with Crippen LogP contribution in [0.15, 0.2) is 0 Å². The quantitative estimate of drug-likeness (QED) is 0.671. The van der Waals surface area contributed by atoms with Crippen LogP contribution in [0.4, 0.5) is 0 Å². The minimum Gasteiger partial charge on any atom is -0.465 e. The molecule has 0 aliphatic carbocycles. The average molecular weight is 270 g/mol. The molecule has 0 aliphatic heterocycles. The SMILES string of the molecule is COC(=O)c1c(C)[nH]c(CC(C)(C)OC)nc1=S. The number of aromatic nitrogens is 2. The molecule has 0 fully saturated rings. The minimum absolute atomic E-state index is 0.250. The van der Waals surface area contributed by atoms with E-state index < -0.39 is 5.97 Å². The molecule has 1 rings (SSSR count). The van der Waals surface area contributed by atoms with Crippen molar-refractivity contribution in [2.24, 2.45) is 0 Å². The highest BCUT2D eigenvalue weighted by molar-refractivity contribution is 7.71. The van der Waals surface area contributed by atoms with Crippen molar-refractivity contribution in [2.45, 2.75) is 32.8 Å². The van der Waals surface area contributed by atoms with Crippen molar-refractivity contribution in [3.63, 3.8) is 0 Å². The molecule has 6 heteroatoms. The molecule has 18 heavy (non-hydrogen) atoms. The second-order valence-corrected chi connectivity index (χ2v) is 5.01. The summed E-state index contributed by atoms with van der Waals surface area (Å²) in [4.78, 5) is 18.8. The first-order valence-corrected chi connectivity index (χ1v) is 5.95. The molecule has 1 N–H and O–H groups in total. The number of aryl methyl sites for hydroxylation is 1. The number of nitrogens with zero attached hydrogens (tertiary/aromatic N) is 1. The van der Waals surface area contributed by atoms with Crippen LogP contribution < -0.4 is 0 Å². The number of carbonyl (C=O) groups excluding carboxylic acids is 1. The van der Waals surface area contributed by atoms with E-state index in [0.717, 1.165) is 0 Å². The molecule has 0 amide bonds. The van der Waals surface area contributed by atoms with Gasteiger partial charge < -0.3 is 14.5 Å². The van der Waals surface area contributed by atoms with Crippen molar-refractivity contribution in [3.8, 4) is 0 Å². The van der Waals surface area contributed by atoms with Crippen molar-refractivity contribution >= 4 is 18.2 Å². The van der Waals surface area contributed by atoms with Crippen molar-refractivity contribution in [3.05, 3.63) is 21.7 Å². The number of aromatic amines is 1. The van der Waals surface area contributed by atoms with Crippen LogP contribution in [0.25, 0.3) is 0 Å². The Kier molecular flexibility index (Phi) is 4.59. The molecule has 0 radical (unpaired) electrons. The van der Waals surface area contributed by atoms with Gasteiger partial charge in [-0.25, -0.2) is 9.78 Å². The topological polar surface area (TPSA) is 64.2 Å². The maximum absolute atomic E-state index is 11.5. The third-order valence-electron chi connectivity index (χ3n) is 2.69. The molecule has 0 saturated carbocycles. The van der Waals surface area contributed by atoms with Crippen LogP contribution in [0.2, 0.25) is 0 Å². The molecule has 5 nitrogen and oxygen atoms in total. The number of esters is 1. The zero-order chi connectivity index (χ0) is 13.9. The Hall–Kier alpha value is -1.27. The van der Waals surface area contributed by atoms with Crippen molar-refractivity contribution in [2.75, 3.05) is 14.2 Å². The van der Waals surface area contributed by atoms with Crippen LogP contribution in [0, 0.1) is 11.6 Å². The van der Waals surface area contributed by atoms with Gasteiger partial charge in [0.05, 0.1) is 12.7 Å². The summed E-state index contributed by atoms with van der Waals surface area (Å²) in [5.41, 5.74) is 0.625. The summed E-state index contributed by atoms with van der Waals surface area (Å²) >= 11 is 5.12. The number of H-pyrrole nitrogens is 1. The zero-order valence-electron chi connectivity index (χ0n) is 11.3. The van der Waals surface area contributed by atoms with Gasteiger partial charge in [-0.3, -0.25) is 0 Å². The van der Waals surface area contributed by atoms with Gasteiger partial charge in [0.2, 0.25) is 0 Å². The maximum atomic E-state index is 11.5. The van der Waals surface area contributed by atoms with E-state index in [2.05, 4.69) is 14.7 Å². The molecule has 0 unspecified atom stereocenters. The van der Waals surface area contributed by atoms with E-state index in [4.69, 9.17) is 17.0 Å². The number of rotatable bonds is 4. The smallest absolute Gasteiger partial charge is 0.342 e. The fourth-order valence-electron chi connectivity index (χ4n) is 1.55. The third-order valence-corrected chi connectivity index (χ3v) is 2.99. The maximum Gasteiger partial charge on any atom is 0.342 e. The lowest BCUT2D eigenvalue weighted by atomic mass is 10.0. The molecule has 1 heterocycles. The molecule has 1 aromatic heterocycles. The second kappa shape index (κ2) is 5.58. The van der Waals surface area contributed by atoms with Crippen LogP contribution >= 0.6 is 12.2 Å². The number of nitrogens with one attached hydrogen (secondary N) is 1. The Morgan fingerprint density at radius 2 is 2.06 bits per heavy atom. The average Bonchev–Trinajstić information content (AvgIpc) is 2.27. The van der Waals surface area contributed by atoms with Gasteiger partial charge in [0, 0.05) is 19.2 Å². The van der Waals surface area contributed by atoms with Gasteiger partial charge in [0.15, 0.2) is 0 Å². The van der Waals surface area contributed by atoms with E-state index in [9.17, 15) is 4.79 Å². The normalized spacial score (nSPS) is 11.4. The molecular formula is C12H18N2O3S. The summed E-state index contributed by atoms with van der Waals surface area (Å²) in [5, 5.41) is 0. The highest BCUT2D eigenvalue weighted by Gasteiger charge is 2.20. The molecular weight excluding hydrogens is 252 g/mol. The summed E-state index contributed by atoms with van der Waals surface area (Å²) in [5.74, 6) is 0.218. The Labute approximate surface area is 112 Å². The molecule has 0 atom stereocenters. The fourth-order valence-corrected chi connectivity index (χ4v) is 1.89. The monoisotopic (exact) mass is 270 g/mol. The van der Waals surface area contributed by atoms with Gasteiger partial charge in [-0.1, -0.05) is 12.2 Å². The highest BCUT2D eigenvalue weighted by atomic mass is 32.1. The summed E-state index contributed by atoms with van der Waals surface area (Å²) < 4.78 is 10.3. The number of carbonyl (C=O) groups is 1. The van der Waals surface area contributed by atoms with Crippen LogP contribution in [0.1, 0.15) is 35.7 Å². The van der Waals surface area contributed by atoms with Gasteiger partial charge in [-0.2, -0.15) is 0 Å². The predicted molar refractivity (Wildman–Crippen MR) is 70.3 cm³/mol. The van der Waals surface area contributed by atoms with Crippen LogP contribution in [0.3, 0.4) is 0 Å². The van der Waals surface area contributed by atoms with E-state index in [-0.39, 0.29) is 10.2 Å². The second-order valence-electron chi connectivity index (χ2n) is 4.62. The molecule has 0 aromatic carbocycles. The first-order chi connectivity index (χ1) is 8.30. The lowest BCUT2D eigenvalue weighted by Crippen LogP contribution is -2.27. The summed E-state index contributed by atoms with van der Waals surface area (Å²) in [6, 6.07) is 0. The Morgan fingerprint density at radius 1 is 1.44 bits per heavy atom. The number of hydrogen-bond acceptors (Lipinski definition) is 5. The van der Waals surface area contributed by atoms with Crippen molar-refractivity contribution < 1.29 is 14.3 Å². The summed E-state index contributed by atoms with van der Waals surface area (Å²) in [6.45, 7) is 5.68. The lowest BCUT2D eigenvalue weighted by Gasteiger charge is -2.22. The summed E-state index contributed by atoms with van der Waals surface area (Å²) in [7, 11) is 2.96. The Bertz CT molecular complexity index is 509. The Balaban J connectivity index is 3.15. The zero-order valence-corrected chi connectivity index (χ0v) is 12.1. The van der Waals surface area contributed by atoms with E-state index in [1.165, 1.54) is 7.11 Å². The molecule has 0 saturated heterocycles. The standard InChI is InChI=1S/C12H18N2O3S/c1-7-9(11(15)16-4)10(18)14-8(13-7)6-12(2,3)17-5/h6H2,1-5H3,(H,13,14,18). The highest BCUT2D eigenvalue weighted by Crippen LogP contribution is 2.15. The lowest BCUT2D eigenvalue weighted by molar-refractivity contribution is 0.0215. The van der Waals surface area contributed by atoms with E-state index in [1.807, 2.05) is 13.8 Å². The molecule has 100 valence electrons. The van der Waals surface area contributed by atoms with Gasteiger partial charge >= 0.3 is 5.97 Å². The van der Waals surface area contributed by atoms with Crippen LogP contribution in [0.5, 0.6) is 0 Å². The predicted octanol–water partition coefficient (Wildman–Crippen LogP) is 2.20. The van der Waals surface area contributed by atoms with Gasteiger partial charge in [-0.05, 0) is 20.8 Å². The molecule has 0 bridgehead atoms. The minimum atomic E-state index is -0.473. The van der Waals surface area contributed by atoms with Crippen LogP contribution in [-0.4, -0.2) is 35.8 Å². The van der Waals surface area contributed by atoms with Gasteiger partial charge in [0.25, 0.3) is 0 Å². The van der Waals surface area contributed by atoms with Gasteiger partial charge in [0.1, 0.15) is 16.0 Å². The number of methoxy groups -OCH3 is 2. The molecule has 0 spiro atoms. The van der Waals surface area contributed by atoms with Crippen LogP contribution in [-0.2, 0) is 15.9 Å². The van der Waals surface area contributed by atoms with E-state index in [0.29, 0.717) is 23.5 Å². The first-order valence-electron chi connectivity index (χ1n) is 5.54. The van der Waals surface area contributed by atoms with Crippen molar-refractivity contribution in [1.82, 2.24) is 9.97 Å². The molecule has 0 aliphatic rings. The summed E-state index contributed by atoms with van der Waals surface area (Å²) in [6.07, 6.45) is 0.579. The number of hydrogen-bond donors (Lipinski definition) is 1. The third kappa shape index (κ3) is 3.36. The van der Waals surface area contributed by atoms with Crippen molar-refractivity contribution in [1.29, 1.82) is 0 Å². The number of ether oxygens (including phenoxy) is 2. The Morgan fingerprint density at radius 3 is 2.50 bits per heavy atom. The van der Waals surface area contributed by atoms with E-state index in [1.54, 1.807) is 14.0 Å². The van der Waals surface area contributed by atoms with Gasteiger partial charge in [-0.15, -0.1) is 0 Å². The fraction of sp³-hybridized carbons (Fsp3) is 0.583. The largest absolute Gasteiger partial charge is 0.465 e. The first kappa shape index (κ1) is 14.8. The van der Waals surface area contributed by atoms with E-state index >= 15 is 0 Å².